The van der Waals surface area contributed by atoms with E-state index in [9.17, 15) is 0 Å². The van der Waals surface area contributed by atoms with E-state index in [-0.39, 0.29) is 29.6 Å². The van der Waals surface area contributed by atoms with Gasteiger partial charge in [-0.25, -0.2) is 4.98 Å². The first-order valence-electron chi connectivity index (χ1n) is 10.3. The largest absolute Gasteiger partial charge is 0.371 e. The van der Waals surface area contributed by atoms with Crippen LogP contribution in [0.4, 0.5) is 5.82 Å². The molecule has 0 spiro atoms. The number of piperazine rings is 1. The highest BCUT2D eigenvalue weighted by Crippen LogP contribution is 2.14. The molecule has 7 heteroatoms. The van der Waals surface area contributed by atoms with Gasteiger partial charge in [0.15, 0.2) is 5.96 Å². The van der Waals surface area contributed by atoms with Crippen LogP contribution in [0.5, 0.6) is 0 Å². The lowest BCUT2D eigenvalue weighted by atomic mass is 10.1. The Morgan fingerprint density at radius 2 is 1.80 bits per heavy atom. The van der Waals surface area contributed by atoms with Crippen LogP contribution >= 0.6 is 24.0 Å². The normalized spacial score (nSPS) is 15.0. The van der Waals surface area contributed by atoms with Gasteiger partial charge in [-0.15, -0.1) is 24.0 Å². The number of halogens is 1. The molecule has 1 fully saturated rings. The van der Waals surface area contributed by atoms with E-state index in [1.54, 1.807) is 0 Å². The van der Waals surface area contributed by atoms with Crippen molar-refractivity contribution >= 4 is 35.8 Å². The zero-order valence-electron chi connectivity index (χ0n) is 18.5. The lowest BCUT2D eigenvalue weighted by Crippen LogP contribution is -2.52. The maximum absolute atomic E-state index is 5.90. The summed E-state index contributed by atoms with van der Waals surface area (Å²) >= 11 is 0. The molecule has 0 aliphatic carbocycles. The zero-order chi connectivity index (χ0) is 20.7. The van der Waals surface area contributed by atoms with E-state index in [2.05, 4.69) is 76.2 Å². The van der Waals surface area contributed by atoms with E-state index in [1.807, 2.05) is 25.4 Å². The smallest absolute Gasteiger partial charge is 0.194 e. The molecule has 164 valence electrons. The summed E-state index contributed by atoms with van der Waals surface area (Å²) in [5.74, 6) is 1.99. The number of benzene rings is 1. The minimum atomic E-state index is -0.131. The number of rotatable bonds is 5. The first-order chi connectivity index (χ1) is 13.9. The Morgan fingerprint density at radius 3 is 2.43 bits per heavy atom. The van der Waals surface area contributed by atoms with Crippen molar-refractivity contribution in [1.29, 1.82) is 0 Å². The predicted octanol–water partition coefficient (Wildman–Crippen LogP) is 3.91. The average molecular weight is 523 g/mol. The lowest BCUT2D eigenvalue weighted by molar-refractivity contribution is -0.0149. The predicted molar refractivity (Wildman–Crippen MR) is 135 cm³/mol. The van der Waals surface area contributed by atoms with E-state index in [1.165, 1.54) is 11.1 Å². The second-order valence-electron chi connectivity index (χ2n) is 8.28. The number of hydrogen-bond donors (Lipinski definition) is 1. The number of anilines is 1. The first kappa shape index (κ1) is 24.4. The molecule has 0 atom stereocenters. The maximum atomic E-state index is 5.90. The Bertz CT molecular complexity index is 799. The number of aromatic nitrogens is 1. The Morgan fingerprint density at radius 1 is 1.07 bits per heavy atom. The van der Waals surface area contributed by atoms with Gasteiger partial charge in [0.1, 0.15) is 5.82 Å². The molecule has 0 radical (unpaired) electrons. The third-order valence-electron chi connectivity index (χ3n) is 4.88. The van der Waals surface area contributed by atoms with Crippen molar-refractivity contribution in [2.45, 2.75) is 39.5 Å². The second-order valence-corrected chi connectivity index (χ2v) is 8.28. The highest BCUT2D eigenvalue weighted by molar-refractivity contribution is 14.0. The van der Waals surface area contributed by atoms with E-state index >= 15 is 0 Å². The van der Waals surface area contributed by atoms with E-state index in [0.29, 0.717) is 6.61 Å². The van der Waals surface area contributed by atoms with Gasteiger partial charge < -0.3 is 19.9 Å². The van der Waals surface area contributed by atoms with Crippen LogP contribution in [0.2, 0.25) is 0 Å². The molecule has 2 aromatic rings. The fourth-order valence-corrected chi connectivity index (χ4v) is 3.33. The fraction of sp³-hybridized carbons (Fsp3) is 0.478. The molecule has 3 rings (SSSR count). The SMILES string of the molecule is CN=C(NCc1cccc(COC(C)(C)C)c1)N1CCN(c2ccccn2)CC1.I. The summed E-state index contributed by atoms with van der Waals surface area (Å²) in [5.41, 5.74) is 2.29. The number of aliphatic imine (C=N–C) groups is 1. The monoisotopic (exact) mass is 523 g/mol. The Labute approximate surface area is 197 Å². The Hall–Kier alpha value is -1.87. The summed E-state index contributed by atoms with van der Waals surface area (Å²) in [5, 5.41) is 3.51. The molecule has 0 saturated carbocycles. The van der Waals surface area contributed by atoms with E-state index in [4.69, 9.17) is 4.74 Å². The fourth-order valence-electron chi connectivity index (χ4n) is 3.33. The van der Waals surface area contributed by atoms with Crippen LogP contribution in [-0.2, 0) is 17.9 Å². The molecule has 1 saturated heterocycles. The summed E-state index contributed by atoms with van der Waals surface area (Å²) < 4.78 is 5.90. The minimum absolute atomic E-state index is 0. The molecule has 1 aromatic carbocycles. The minimum Gasteiger partial charge on any atom is -0.371 e. The number of ether oxygens (including phenoxy) is 1. The molecule has 1 aliphatic rings. The van der Waals surface area contributed by atoms with Crippen LogP contribution in [0, 0.1) is 0 Å². The van der Waals surface area contributed by atoms with Crippen molar-refractivity contribution < 1.29 is 4.74 Å². The molecule has 1 aromatic heterocycles. The van der Waals surface area contributed by atoms with Crippen LogP contribution in [0.25, 0.3) is 0 Å². The van der Waals surface area contributed by atoms with Crippen molar-refractivity contribution in [3.63, 3.8) is 0 Å². The molecule has 1 aliphatic heterocycles. The molecule has 0 amide bonds. The van der Waals surface area contributed by atoms with Gasteiger partial charge in [-0.1, -0.05) is 30.3 Å². The highest BCUT2D eigenvalue weighted by atomic mass is 127. The molecular weight excluding hydrogens is 489 g/mol. The molecule has 0 unspecified atom stereocenters. The number of nitrogens with zero attached hydrogens (tertiary/aromatic N) is 4. The zero-order valence-corrected chi connectivity index (χ0v) is 20.8. The second kappa shape index (κ2) is 11.5. The van der Waals surface area contributed by atoms with Gasteiger partial charge in [0.25, 0.3) is 0 Å². The highest BCUT2D eigenvalue weighted by Gasteiger charge is 2.20. The molecule has 2 heterocycles. The Kier molecular flexibility index (Phi) is 9.36. The van der Waals surface area contributed by atoms with Gasteiger partial charge in [0.05, 0.1) is 12.2 Å². The summed E-state index contributed by atoms with van der Waals surface area (Å²) in [6.07, 6.45) is 1.85. The maximum Gasteiger partial charge on any atom is 0.194 e. The number of nitrogens with one attached hydrogen (secondary N) is 1. The standard InChI is InChI=1S/C23H33N5O.HI/c1-23(2,3)29-18-20-9-7-8-19(16-20)17-26-22(24-4)28-14-12-27(13-15-28)21-10-5-6-11-25-21;/h5-11,16H,12-15,17-18H2,1-4H3,(H,24,26);1H. The van der Waals surface area contributed by atoms with Crippen LogP contribution in [-0.4, -0.2) is 54.7 Å². The molecule has 6 nitrogen and oxygen atoms in total. The molecular formula is C23H34IN5O. The van der Waals surface area contributed by atoms with Crippen LogP contribution in [0.15, 0.2) is 53.7 Å². The number of hydrogen-bond acceptors (Lipinski definition) is 4. The summed E-state index contributed by atoms with van der Waals surface area (Å²) in [6, 6.07) is 14.6. The number of pyridine rings is 1. The van der Waals surface area contributed by atoms with Gasteiger partial charge >= 0.3 is 0 Å². The van der Waals surface area contributed by atoms with Crippen LogP contribution in [0.3, 0.4) is 0 Å². The van der Waals surface area contributed by atoms with Gasteiger partial charge in [-0.3, -0.25) is 4.99 Å². The molecule has 0 bridgehead atoms. The van der Waals surface area contributed by atoms with Crippen molar-refractivity contribution in [2.75, 3.05) is 38.1 Å². The average Bonchev–Trinajstić information content (AvgIpc) is 2.74. The van der Waals surface area contributed by atoms with E-state index < -0.39 is 0 Å². The van der Waals surface area contributed by atoms with Crippen molar-refractivity contribution in [2.24, 2.45) is 4.99 Å². The lowest BCUT2D eigenvalue weighted by Gasteiger charge is -2.37. The summed E-state index contributed by atoms with van der Waals surface area (Å²) in [4.78, 5) is 13.6. The van der Waals surface area contributed by atoms with Crippen LogP contribution in [0.1, 0.15) is 31.9 Å². The number of guanidine groups is 1. The third-order valence-corrected chi connectivity index (χ3v) is 4.88. The quantitative estimate of drug-likeness (QED) is 0.366. The molecule has 1 N–H and O–H groups in total. The van der Waals surface area contributed by atoms with Gasteiger partial charge in [-0.2, -0.15) is 0 Å². The molecule has 30 heavy (non-hydrogen) atoms. The first-order valence-corrected chi connectivity index (χ1v) is 10.3. The van der Waals surface area contributed by atoms with Crippen molar-refractivity contribution in [3.05, 3.63) is 59.8 Å². The van der Waals surface area contributed by atoms with E-state index in [0.717, 1.165) is 44.5 Å². The summed E-state index contributed by atoms with van der Waals surface area (Å²) in [6.45, 7) is 11.3. The van der Waals surface area contributed by atoms with Gasteiger partial charge in [0.2, 0.25) is 0 Å². The topological polar surface area (TPSA) is 53.0 Å². The van der Waals surface area contributed by atoms with Gasteiger partial charge in [-0.05, 0) is 44.0 Å². The third kappa shape index (κ3) is 7.43. The van der Waals surface area contributed by atoms with Gasteiger partial charge in [0, 0.05) is 46.0 Å². The van der Waals surface area contributed by atoms with Crippen molar-refractivity contribution in [1.82, 2.24) is 15.2 Å². The summed E-state index contributed by atoms with van der Waals surface area (Å²) in [7, 11) is 1.85. The van der Waals surface area contributed by atoms with Crippen molar-refractivity contribution in [3.8, 4) is 0 Å². The Balaban J connectivity index is 0.00000320. The van der Waals surface area contributed by atoms with Crippen LogP contribution < -0.4 is 10.2 Å².